The Bertz CT molecular complexity index is 565. The summed E-state index contributed by atoms with van der Waals surface area (Å²) in [6.45, 7) is 4.95. The average Bonchev–Trinajstić information content (AvgIpc) is 2.59. The van der Waals surface area contributed by atoms with Gasteiger partial charge in [0.1, 0.15) is 11.6 Å². The molecule has 25 heavy (non-hydrogen) atoms. The van der Waals surface area contributed by atoms with Crippen LogP contribution in [0, 0.1) is 34.5 Å². The maximum absolute atomic E-state index is 12.7. The van der Waals surface area contributed by atoms with Crippen molar-refractivity contribution in [2.75, 3.05) is 26.3 Å². The Hall–Kier alpha value is -1.54. The van der Waals surface area contributed by atoms with E-state index in [2.05, 4.69) is 18.3 Å². The van der Waals surface area contributed by atoms with E-state index >= 15 is 0 Å². The van der Waals surface area contributed by atoms with E-state index in [1.807, 2.05) is 4.90 Å². The van der Waals surface area contributed by atoms with Crippen molar-refractivity contribution >= 4 is 5.91 Å². The van der Waals surface area contributed by atoms with Gasteiger partial charge in [-0.25, -0.2) is 0 Å². The van der Waals surface area contributed by atoms with Gasteiger partial charge in [-0.15, -0.1) is 0 Å². The molecule has 0 aromatic heterocycles. The van der Waals surface area contributed by atoms with Crippen molar-refractivity contribution in [3.63, 3.8) is 0 Å². The summed E-state index contributed by atoms with van der Waals surface area (Å²) < 4.78 is 5.32. The number of nitrogens with zero attached hydrogens (tertiary/aromatic N) is 2. The highest BCUT2D eigenvalue weighted by Crippen LogP contribution is 2.61. The van der Waals surface area contributed by atoms with Crippen LogP contribution >= 0.6 is 0 Å². The molecule has 4 aliphatic carbocycles. The normalized spacial score (nSPS) is 38.3. The maximum Gasteiger partial charge on any atom is 0.263 e. The molecular formula is C20H29N3O2. The standard InChI is InChI=1S/C20H29N3O2/c1-14(20-9-15-6-16(10-20)8-17(7-15)11-20)22-19(24)18(12-21)13-23-2-4-25-5-3-23/h13-17H,2-11H2,1H3,(H,22,24)/b18-13-. The minimum Gasteiger partial charge on any atom is -0.378 e. The first kappa shape index (κ1) is 16.9. The molecule has 1 atom stereocenters. The summed E-state index contributed by atoms with van der Waals surface area (Å²) in [5, 5.41) is 12.6. The van der Waals surface area contributed by atoms with Crippen LogP contribution in [-0.2, 0) is 9.53 Å². The van der Waals surface area contributed by atoms with E-state index in [1.54, 1.807) is 6.20 Å². The molecule has 5 rings (SSSR count). The van der Waals surface area contributed by atoms with Crippen LogP contribution in [0.15, 0.2) is 11.8 Å². The number of amides is 1. The number of morpholine rings is 1. The number of hydrogen-bond acceptors (Lipinski definition) is 4. The van der Waals surface area contributed by atoms with Crippen LogP contribution in [0.25, 0.3) is 0 Å². The van der Waals surface area contributed by atoms with E-state index in [1.165, 1.54) is 38.5 Å². The zero-order chi connectivity index (χ0) is 17.4. The molecule has 0 radical (unpaired) electrons. The van der Waals surface area contributed by atoms with Gasteiger partial charge in [-0.3, -0.25) is 4.79 Å². The Kier molecular flexibility index (Phi) is 4.49. The molecule has 1 heterocycles. The van der Waals surface area contributed by atoms with Gasteiger partial charge >= 0.3 is 0 Å². The van der Waals surface area contributed by atoms with E-state index in [0.29, 0.717) is 13.2 Å². The molecule has 1 aliphatic heterocycles. The van der Waals surface area contributed by atoms with E-state index in [9.17, 15) is 10.1 Å². The molecule has 5 fully saturated rings. The molecule has 0 aromatic carbocycles. The number of hydrogen-bond donors (Lipinski definition) is 1. The smallest absolute Gasteiger partial charge is 0.263 e. The van der Waals surface area contributed by atoms with Crippen molar-refractivity contribution < 1.29 is 9.53 Å². The van der Waals surface area contributed by atoms with Crippen molar-refractivity contribution in [3.05, 3.63) is 11.8 Å². The lowest BCUT2D eigenvalue weighted by Gasteiger charge is -2.59. The van der Waals surface area contributed by atoms with Crippen LogP contribution in [0.4, 0.5) is 0 Å². The molecule has 4 saturated carbocycles. The van der Waals surface area contributed by atoms with Gasteiger partial charge in [0.25, 0.3) is 5.91 Å². The fourth-order valence-corrected chi connectivity index (χ4v) is 6.16. The van der Waals surface area contributed by atoms with Gasteiger partial charge in [0.2, 0.25) is 0 Å². The summed E-state index contributed by atoms with van der Waals surface area (Å²) in [5.74, 6) is 2.39. The Morgan fingerprint density at radius 1 is 1.20 bits per heavy atom. The molecule has 1 amide bonds. The molecule has 0 aromatic rings. The van der Waals surface area contributed by atoms with Gasteiger partial charge in [0.15, 0.2) is 0 Å². The summed E-state index contributed by atoms with van der Waals surface area (Å²) in [4.78, 5) is 14.7. The van der Waals surface area contributed by atoms with Crippen molar-refractivity contribution in [1.29, 1.82) is 5.26 Å². The monoisotopic (exact) mass is 343 g/mol. The number of nitriles is 1. The van der Waals surface area contributed by atoms with Crippen molar-refractivity contribution in [3.8, 4) is 6.07 Å². The van der Waals surface area contributed by atoms with Crippen LogP contribution in [0.5, 0.6) is 0 Å². The van der Waals surface area contributed by atoms with Crippen LogP contribution in [0.1, 0.15) is 45.4 Å². The van der Waals surface area contributed by atoms with Gasteiger partial charge < -0.3 is 15.0 Å². The molecular weight excluding hydrogens is 314 g/mol. The molecule has 0 spiro atoms. The van der Waals surface area contributed by atoms with Gasteiger partial charge in [-0.1, -0.05) is 0 Å². The second-order valence-electron chi connectivity index (χ2n) is 8.78. The molecule has 5 nitrogen and oxygen atoms in total. The maximum atomic E-state index is 12.7. The predicted octanol–water partition coefficient (Wildman–Crippen LogP) is 2.45. The quantitative estimate of drug-likeness (QED) is 0.629. The second-order valence-corrected chi connectivity index (χ2v) is 8.78. The number of nitrogens with one attached hydrogen (secondary N) is 1. The molecule has 1 N–H and O–H groups in total. The third-order valence-corrected chi connectivity index (χ3v) is 7.07. The zero-order valence-electron chi connectivity index (χ0n) is 15.2. The molecule has 4 bridgehead atoms. The summed E-state index contributed by atoms with van der Waals surface area (Å²) in [5.41, 5.74) is 0.489. The Balaban J connectivity index is 1.43. The Labute approximate surface area is 150 Å². The summed E-state index contributed by atoms with van der Waals surface area (Å²) in [6.07, 6.45) is 9.70. The first-order valence-corrected chi connectivity index (χ1v) is 9.82. The fourth-order valence-electron chi connectivity index (χ4n) is 6.16. The van der Waals surface area contributed by atoms with Gasteiger partial charge in [0.05, 0.1) is 13.2 Å². The Morgan fingerprint density at radius 2 is 1.76 bits per heavy atom. The Morgan fingerprint density at radius 3 is 2.28 bits per heavy atom. The number of rotatable bonds is 4. The summed E-state index contributed by atoms with van der Waals surface area (Å²) in [6, 6.07) is 2.24. The third-order valence-electron chi connectivity index (χ3n) is 7.07. The largest absolute Gasteiger partial charge is 0.378 e. The highest BCUT2D eigenvalue weighted by Gasteiger charge is 2.53. The van der Waals surface area contributed by atoms with Crippen LogP contribution < -0.4 is 5.32 Å². The van der Waals surface area contributed by atoms with Crippen molar-refractivity contribution in [1.82, 2.24) is 10.2 Å². The molecule has 1 saturated heterocycles. The molecule has 5 aliphatic rings. The van der Waals surface area contributed by atoms with E-state index in [0.717, 1.165) is 30.8 Å². The van der Waals surface area contributed by atoms with Crippen molar-refractivity contribution in [2.24, 2.45) is 23.2 Å². The summed E-state index contributed by atoms with van der Waals surface area (Å²) in [7, 11) is 0. The van der Waals surface area contributed by atoms with Crippen LogP contribution in [-0.4, -0.2) is 43.2 Å². The highest BCUT2D eigenvalue weighted by atomic mass is 16.5. The van der Waals surface area contributed by atoms with E-state index < -0.39 is 0 Å². The molecule has 1 unspecified atom stereocenters. The lowest BCUT2D eigenvalue weighted by Crippen LogP contribution is -2.56. The van der Waals surface area contributed by atoms with E-state index in [-0.39, 0.29) is 22.9 Å². The molecule has 136 valence electrons. The third kappa shape index (κ3) is 3.29. The highest BCUT2D eigenvalue weighted by molar-refractivity contribution is 5.97. The van der Waals surface area contributed by atoms with Gasteiger partial charge in [-0.2, -0.15) is 5.26 Å². The first-order chi connectivity index (χ1) is 12.1. The topological polar surface area (TPSA) is 65.4 Å². The SMILES string of the molecule is CC(NC(=O)/C(C#N)=C\N1CCOCC1)C12CC3CC(CC(C3)C1)C2. The van der Waals surface area contributed by atoms with Gasteiger partial charge in [0, 0.05) is 25.3 Å². The number of ether oxygens (including phenoxy) is 1. The minimum atomic E-state index is -0.211. The van der Waals surface area contributed by atoms with Crippen LogP contribution in [0.2, 0.25) is 0 Å². The average molecular weight is 343 g/mol. The second kappa shape index (κ2) is 6.64. The number of carbonyl (C=O) groups excluding carboxylic acids is 1. The molecule has 5 heteroatoms. The van der Waals surface area contributed by atoms with Crippen LogP contribution in [0.3, 0.4) is 0 Å². The minimum absolute atomic E-state index is 0.148. The lowest BCUT2D eigenvalue weighted by molar-refractivity contribution is -0.122. The van der Waals surface area contributed by atoms with Crippen molar-refractivity contribution in [2.45, 2.75) is 51.5 Å². The summed E-state index contributed by atoms with van der Waals surface area (Å²) >= 11 is 0. The zero-order valence-corrected chi connectivity index (χ0v) is 15.2. The number of carbonyl (C=O) groups is 1. The fraction of sp³-hybridized carbons (Fsp3) is 0.800. The predicted molar refractivity (Wildman–Crippen MR) is 94.3 cm³/mol. The van der Waals surface area contributed by atoms with Gasteiger partial charge in [-0.05, 0) is 68.6 Å². The van der Waals surface area contributed by atoms with E-state index in [4.69, 9.17) is 4.74 Å². The lowest BCUT2D eigenvalue weighted by atomic mass is 9.48. The first-order valence-electron chi connectivity index (χ1n) is 9.82.